The maximum absolute atomic E-state index is 6.05. The van der Waals surface area contributed by atoms with E-state index < -0.39 is 0 Å². The van der Waals surface area contributed by atoms with Crippen LogP contribution < -0.4 is 0 Å². The lowest BCUT2D eigenvalue weighted by Gasteiger charge is -2.55. The number of hydrogen-bond acceptors (Lipinski definition) is 2. The molecule has 3 heteroatoms. The quantitative estimate of drug-likeness (QED) is 0.745. The van der Waals surface area contributed by atoms with Gasteiger partial charge in [-0.1, -0.05) is 37.5 Å². The van der Waals surface area contributed by atoms with Gasteiger partial charge in [-0.3, -0.25) is 4.90 Å². The van der Waals surface area contributed by atoms with Gasteiger partial charge in [0.15, 0.2) is 0 Å². The minimum absolute atomic E-state index is 0.618. The molecular weight excluding hydrogens is 332 g/mol. The van der Waals surface area contributed by atoms with E-state index in [9.17, 15) is 0 Å². The number of ether oxygens (including phenoxy) is 1. The van der Waals surface area contributed by atoms with Crippen molar-refractivity contribution in [2.45, 2.75) is 75.5 Å². The standard InChI is InChI=1S/C24H32N2O/c1-2-7-24-19(6-1)8-9-25(24)20-13-22-15-27-16-23(14-20)26(22)21-11-17-4-3-5-18(10-17)12-21/h1-2,6-9,17-18,20-23H,3-5,10-16H2/t17-,18+,20?,21?,22-,23+. The summed E-state index contributed by atoms with van der Waals surface area (Å²) in [7, 11) is 0. The van der Waals surface area contributed by atoms with Crippen molar-refractivity contribution in [1.82, 2.24) is 9.47 Å². The number of rotatable bonds is 2. The molecule has 1 aromatic heterocycles. The first-order valence-corrected chi connectivity index (χ1v) is 11.3. The third-order valence-corrected chi connectivity index (χ3v) is 8.10. The monoisotopic (exact) mass is 364 g/mol. The molecule has 6 rings (SSSR count). The fourth-order valence-electron chi connectivity index (χ4n) is 7.10. The molecule has 2 saturated carbocycles. The van der Waals surface area contributed by atoms with Crippen LogP contribution in [0.1, 0.15) is 57.4 Å². The van der Waals surface area contributed by atoms with Crippen LogP contribution in [0.15, 0.2) is 36.5 Å². The molecule has 4 aliphatic rings. The minimum atomic E-state index is 0.618. The average molecular weight is 365 g/mol. The van der Waals surface area contributed by atoms with Crippen LogP contribution in [0, 0.1) is 11.8 Å². The van der Waals surface area contributed by atoms with Gasteiger partial charge in [-0.25, -0.2) is 0 Å². The second-order valence-corrected chi connectivity index (χ2v) is 9.72. The second kappa shape index (κ2) is 6.63. The van der Waals surface area contributed by atoms with Gasteiger partial charge in [0, 0.05) is 35.9 Å². The highest BCUT2D eigenvalue weighted by Crippen LogP contribution is 2.45. The number of benzene rings is 1. The number of nitrogens with zero attached hydrogens (tertiary/aromatic N) is 2. The van der Waals surface area contributed by atoms with E-state index in [2.05, 4.69) is 46.0 Å². The van der Waals surface area contributed by atoms with Crippen LogP contribution in [0.2, 0.25) is 0 Å². The van der Waals surface area contributed by atoms with Crippen molar-refractivity contribution < 1.29 is 4.74 Å². The predicted octanol–water partition coefficient (Wildman–Crippen LogP) is 5.01. The molecular formula is C24H32N2O. The first-order valence-electron chi connectivity index (χ1n) is 11.3. The summed E-state index contributed by atoms with van der Waals surface area (Å²) in [6, 6.07) is 13.8. The molecule has 0 spiro atoms. The third-order valence-electron chi connectivity index (χ3n) is 8.10. The molecule has 2 aliphatic heterocycles. The number of aromatic nitrogens is 1. The molecule has 2 aromatic rings. The Morgan fingerprint density at radius 1 is 0.741 bits per heavy atom. The first kappa shape index (κ1) is 16.6. The van der Waals surface area contributed by atoms with Crippen LogP contribution in [0.4, 0.5) is 0 Å². The summed E-state index contributed by atoms with van der Waals surface area (Å²) in [5.74, 6) is 2.02. The summed E-state index contributed by atoms with van der Waals surface area (Å²) in [5, 5.41) is 1.38. The van der Waals surface area contributed by atoms with Gasteiger partial charge in [0.1, 0.15) is 0 Å². The van der Waals surface area contributed by atoms with Crippen LogP contribution in [-0.4, -0.2) is 40.8 Å². The normalized spacial score (nSPS) is 39.6. The first-order chi connectivity index (χ1) is 13.3. The fourth-order valence-corrected chi connectivity index (χ4v) is 7.10. The van der Waals surface area contributed by atoms with Gasteiger partial charge in [-0.15, -0.1) is 0 Å². The van der Waals surface area contributed by atoms with Crippen LogP contribution >= 0.6 is 0 Å². The smallest absolute Gasteiger partial charge is 0.0623 e. The van der Waals surface area contributed by atoms with E-state index >= 15 is 0 Å². The molecule has 2 aliphatic carbocycles. The molecule has 3 nitrogen and oxygen atoms in total. The molecule has 4 fully saturated rings. The van der Waals surface area contributed by atoms with Crippen LogP contribution in [0.5, 0.6) is 0 Å². The average Bonchev–Trinajstić information content (AvgIpc) is 3.11. The molecule has 144 valence electrons. The molecule has 0 amide bonds. The van der Waals surface area contributed by atoms with Gasteiger partial charge in [-0.2, -0.15) is 0 Å². The van der Waals surface area contributed by atoms with E-state index in [0.29, 0.717) is 18.1 Å². The lowest BCUT2D eigenvalue weighted by molar-refractivity contribution is -0.118. The Kier molecular flexibility index (Phi) is 4.08. The summed E-state index contributed by atoms with van der Waals surface area (Å²) in [6.07, 6.45) is 13.7. The van der Waals surface area contributed by atoms with Crippen molar-refractivity contribution >= 4 is 10.9 Å². The Morgan fingerprint density at radius 2 is 1.48 bits per heavy atom. The van der Waals surface area contributed by atoms with E-state index in [1.807, 2.05) is 0 Å². The summed E-state index contributed by atoms with van der Waals surface area (Å²) < 4.78 is 8.62. The predicted molar refractivity (Wildman–Crippen MR) is 109 cm³/mol. The molecule has 3 heterocycles. The zero-order valence-corrected chi connectivity index (χ0v) is 16.3. The maximum Gasteiger partial charge on any atom is 0.0623 e. The highest BCUT2D eigenvalue weighted by Gasteiger charge is 2.45. The van der Waals surface area contributed by atoms with Crippen LogP contribution in [-0.2, 0) is 4.74 Å². The van der Waals surface area contributed by atoms with E-state index in [1.165, 1.54) is 62.3 Å². The van der Waals surface area contributed by atoms with Crippen molar-refractivity contribution in [2.75, 3.05) is 13.2 Å². The maximum atomic E-state index is 6.05. The number of piperidine rings is 1. The van der Waals surface area contributed by atoms with Gasteiger partial charge in [0.25, 0.3) is 0 Å². The molecule has 0 N–H and O–H groups in total. The summed E-state index contributed by atoms with van der Waals surface area (Å²) in [4.78, 5) is 2.95. The van der Waals surface area contributed by atoms with E-state index in [0.717, 1.165) is 31.1 Å². The Hall–Kier alpha value is -1.32. The van der Waals surface area contributed by atoms with E-state index in [-0.39, 0.29) is 0 Å². The zero-order valence-electron chi connectivity index (χ0n) is 16.3. The van der Waals surface area contributed by atoms with E-state index in [1.54, 1.807) is 0 Å². The second-order valence-electron chi connectivity index (χ2n) is 9.72. The van der Waals surface area contributed by atoms with Gasteiger partial charge < -0.3 is 9.30 Å². The van der Waals surface area contributed by atoms with Gasteiger partial charge >= 0.3 is 0 Å². The largest absolute Gasteiger partial charge is 0.378 e. The fraction of sp³-hybridized carbons (Fsp3) is 0.667. The minimum Gasteiger partial charge on any atom is -0.378 e. The molecule has 4 bridgehead atoms. The molecule has 1 aromatic carbocycles. The van der Waals surface area contributed by atoms with Crippen molar-refractivity contribution in [3.8, 4) is 0 Å². The molecule has 0 radical (unpaired) electrons. The number of para-hydroxylation sites is 1. The summed E-state index contributed by atoms with van der Waals surface area (Å²) >= 11 is 0. The zero-order chi connectivity index (χ0) is 17.8. The molecule has 2 unspecified atom stereocenters. The SMILES string of the molecule is c1ccc2c(c1)ccn2C1C[C@H]2COC[C@@H](C1)N2C1C[C@H]2CCC[C@@H](C1)C2. The van der Waals surface area contributed by atoms with Gasteiger partial charge in [0.2, 0.25) is 0 Å². The van der Waals surface area contributed by atoms with Crippen LogP contribution in [0.3, 0.4) is 0 Å². The number of morpholine rings is 1. The lowest BCUT2D eigenvalue weighted by Crippen LogP contribution is -2.61. The topological polar surface area (TPSA) is 17.4 Å². The lowest BCUT2D eigenvalue weighted by atomic mass is 9.69. The molecule has 6 atom stereocenters. The Labute approximate surface area is 162 Å². The summed E-state index contributed by atoms with van der Waals surface area (Å²) in [6.45, 7) is 1.88. The van der Waals surface area contributed by atoms with Crippen molar-refractivity contribution in [2.24, 2.45) is 11.8 Å². The third kappa shape index (κ3) is 2.86. The Bertz CT molecular complexity index is 788. The molecule has 27 heavy (non-hydrogen) atoms. The van der Waals surface area contributed by atoms with Crippen molar-refractivity contribution in [3.63, 3.8) is 0 Å². The summed E-state index contributed by atoms with van der Waals surface area (Å²) in [5.41, 5.74) is 1.40. The van der Waals surface area contributed by atoms with Crippen molar-refractivity contribution in [3.05, 3.63) is 36.5 Å². The Morgan fingerprint density at radius 3 is 2.26 bits per heavy atom. The highest BCUT2D eigenvalue weighted by atomic mass is 16.5. The van der Waals surface area contributed by atoms with Crippen LogP contribution in [0.25, 0.3) is 10.9 Å². The number of fused-ring (bicyclic) bond motifs is 5. The molecule has 2 saturated heterocycles. The highest BCUT2D eigenvalue weighted by molar-refractivity contribution is 5.80. The van der Waals surface area contributed by atoms with E-state index in [4.69, 9.17) is 4.74 Å². The van der Waals surface area contributed by atoms with Crippen molar-refractivity contribution in [1.29, 1.82) is 0 Å². The Balaban J connectivity index is 1.26. The van der Waals surface area contributed by atoms with Gasteiger partial charge in [0.05, 0.1) is 13.2 Å². The van der Waals surface area contributed by atoms with Gasteiger partial charge in [-0.05, 0) is 61.5 Å². The number of hydrogen-bond donors (Lipinski definition) is 0.